The number of allylic oxidation sites excluding steroid dienone is 2. The van der Waals surface area contributed by atoms with Gasteiger partial charge in [0, 0.05) is 48.3 Å². The average Bonchev–Trinajstić information content (AvgIpc) is 3.55. The van der Waals surface area contributed by atoms with Crippen LogP contribution in [0.1, 0.15) is 39.5 Å². The van der Waals surface area contributed by atoms with Gasteiger partial charge in [0.15, 0.2) is 5.78 Å². The first kappa shape index (κ1) is 24.3. The Balaban J connectivity index is 1.16. The molecule has 1 saturated carbocycles. The highest BCUT2D eigenvalue weighted by atomic mass is 35.5. The maximum atomic E-state index is 12.7. The highest BCUT2D eigenvalue weighted by molar-refractivity contribution is 6.33. The number of hydrogen-bond donors (Lipinski definition) is 3. The van der Waals surface area contributed by atoms with Crippen molar-refractivity contribution < 1.29 is 9.59 Å². The van der Waals surface area contributed by atoms with E-state index in [9.17, 15) is 9.59 Å². The van der Waals surface area contributed by atoms with E-state index in [-0.39, 0.29) is 17.9 Å². The number of halogens is 1. The van der Waals surface area contributed by atoms with Gasteiger partial charge in [-0.25, -0.2) is 14.8 Å². The van der Waals surface area contributed by atoms with E-state index in [4.69, 9.17) is 16.6 Å². The van der Waals surface area contributed by atoms with Gasteiger partial charge in [0.25, 0.3) is 0 Å². The molecule has 0 radical (unpaired) electrons. The first-order valence-corrected chi connectivity index (χ1v) is 12.8. The van der Waals surface area contributed by atoms with Crippen LogP contribution in [0.2, 0.25) is 5.02 Å². The summed E-state index contributed by atoms with van der Waals surface area (Å²) in [6, 6.07) is 8.08. The lowest BCUT2D eigenvalue weighted by molar-refractivity contribution is -0.119. The second-order valence-corrected chi connectivity index (χ2v) is 10.5. The van der Waals surface area contributed by atoms with E-state index in [0.29, 0.717) is 36.3 Å². The van der Waals surface area contributed by atoms with Crippen LogP contribution in [0.5, 0.6) is 0 Å². The zero-order valence-corrected chi connectivity index (χ0v) is 21.4. The Hall–Kier alpha value is -3.39. The number of ketones is 1. The number of nitrogens with zero attached hydrogens (tertiary/aromatic N) is 3. The number of fused-ring (bicyclic) bond motifs is 1. The van der Waals surface area contributed by atoms with Crippen LogP contribution in [0.4, 0.5) is 10.7 Å². The number of piperidine rings is 1. The highest BCUT2D eigenvalue weighted by Crippen LogP contribution is 2.46. The number of nitrogens with one attached hydrogen (secondary N) is 3. The maximum Gasteiger partial charge on any atom is 0.317 e. The third-order valence-corrected chi connectivity index (χ3v) is 7.35. The molecule has 188 valence electrons. The molecule has 36 heavy (non-hydrogen) atoms. The van der Waals surface area contributed by atoms with Crippen LogP contribution in [0, 0.1) is 5.41 Å². The number of amides is 2. The quantitative estimate of drug-likeness (QED) is 0.383. The minimum atomic E-state index is -0.402. The summed E-state index contributed by atoms with van der Waals surface area (Å²) in [6.45, 7) is 5.50. The van der Waals surface area contributed by atoms with Gasteiger partial charge < -0.3 is 20.5 Å². The maximum absolute atomic E-state index is 12.7. The Kier molecular flexibility index (Phi) is 6.71. The van der Waals surface area contributed by atoms with Crippen LogP contribution in [-0.4, -0.2) is 57.3 Å². The lowest BCUT2D eigenvalue weighted by Crippen LogP contribution is -2.48. The van der Waals surface area contributed by atoms with Gasteiger partial charge in [-0.1, -0.05) is 35.4 Å². The molecule has 9 heteroatoms. The largest absolute Gasteiger partial charge is 0.360 e. The van der Waals surface area contributed by atoms with E-state index in [1.165, 1.54) is 0 Å². The minimum Gasteiger partial charge on any atom is -0.360 e. The second kappa shape index (κ2) is 9.93. The summed E-state index contributed by atoms with van der Waals surface area (Å²) in [7, 11) is 0. The number of aromatic amines is 1. The summed E-state index contributed by atoms with van der Waals surface area (Å²) in [4.78, 5) is 39.4. The van der Waals surface area contributed by atoms with Gasteiger partial charge in [-0.15, -0.1) is 0 Å². The molecule has 1 saturated heterocycles. The second-order valence-electron chi connectivity index (χ2n) is 10.1. The molecule has 1 aromatic carbocycles. The monoisotopic (exact) mass is 506 g/mol. The van der Waals surface area contributed by atoms with Crippen molar-refractivity contribution in [2.24, 2.45) is 5.41 Å². The number of carbonyl (C=O) groups is 2. The molecule has 3 aromatic rings. The van der Waals surface area contributed by atoms with E-state index in [1.807, 2.05) is 49.2 Å². The predicted octanol–water partition coefficient (Wildman–Crippen LogP) is 5.18. The van der Waals surface area contributed by atoms with Gasteiger partial charge in [0.2, 0.25) is 5.95 Å². The van der Waals surface area contributed by atoms with E-state index in [2.05, 4.69) is 20.6 Å². The van der Waals surface area contributed by atoms with E-state index in [1.54, 1.807) is 12.3 Å². The number of hydrogen-bond acceptors (Lipinski definition) is 5. The summed E-state index contributed by atoms with van der Waals surface area (Å²) in [5.74, 6) is 0.650. The Bertz CT molecular complexity index is 1320. The average molecular weight is 507 g/mol. The normalized spacial score (nSPS) is 17.0. The predicted molar refractivity (Wildman–Crippen MR) is 142 cm³/mol. The molecule has 8 nitrogen and oxygen atoms in total. The number of carbonyl (C=O) groups excluding carboxylic acids is 2. The molecular formula is C27H31ClN6O2. The Morgan fingerprint density at radius 1 is 1.22 bits per heavy atom. The van der Waals surface area contributed by atoms with E-state index in [0.717, 1.165) is 47.7 Å². The van der Waals surface area contributed by atoms with Gasteiger partial charge in [-0.05, 0) is 51.7 Å². The molecule has 0 bridgehead atoms. The molecule has 0 spiro atoms. The number of para-hydroxylation sites is 1. The summed E-state index contributed by atoms with van der Waals surface area (Å²) in [5.41, 5.74) is 3.23. The molecule has 2 fully saturated rings. The van der Waals surface area contributed by atoms with E-state index >= 15 is 0 Å². The fourth-order valence-electron chi connectivity index (χ4n) is 4.74. The SMILES string of the molecule is CC(C)=CC(=O)C1(CNC(=O)N2CCC(Nc3ncc(Cl)c(-c4c[nH]c5ccccc45)n3)CC2)CC1. The topological polar surface area (TPSA) is 103 Å². The molecular weight excluding hydrogens is 476 g/mol. The number of anilines is 1. The Labute approximate surface area is 215 Å². The number of rotatable bonds is 7. The molecule has 1 aliphatic heterocycles. The molecule has 2 aliphatic rings. The van der Waals surface area contributed by atoms with Crippen molar-refractivity contribution in [2.45, 2.75) is 45.6 Å². The van der Waals surface area contributed by atoms with Crippen molar-refractivity contribution in [3.05, 3.63) is 53.3 Å². The van der Waals surface area contributed by atoms with Crippen molar-refractivity contribution in [3.63, 3.8) is 0 Å². The Morgan fingerprint density at radius 2 is 1.97 bits per heavy atom. The molecule has 0 unspecified atom stereocenters. The molecule has 2 aromatic heterocycles. The van der Waals surface area contributed by atoms with Crippen molar-refractivity contribution in [2.75, 3.05) is 25.0 Å². The zero-order valence-electron chi connectivity index (χ0n) is 20.6. The first-order valence-electron chi connectivity index (χ1n) is 12.4. The van der Waals surface area contributed by atoms with Gasteiger partial charge in [-0.2, -0.15) is 0 Å². The summed E-state index contributed by atoms with van der Waals surface area (Å²) < 4.78 is 0. The molecule has 3 N–H and O–H groups in total. The van der Waals surface area contributed by atoms with Crippen molar-refractivity contribution in [1.29, 1.82) is 0 Å². The molecule has 1 aliphatic carbocycles. The molecule has 3 heterocycles. The number of likely N-dealkylation sites (tertiary alicyclic amines) is 1. The number of benzene rings is 1. The molecule has 5 rings (SSSR count). The number of urea groups is 1. The molecule has 2 amide bonds. The van der Waals surface area contributed by atoms with Gasteiger partial charge in [0.1, 0.15) is 0 Å². The zero-order chi connectivity index (χ0) is 25.3. The minimum absolute atomic E-state index is 0.103. The van der Waals surface area contributed by atoms with Crippen LogP contribution in [0.25, 0.3) is 22.2 Å². The third kappa shape index (κ3) is 5.09. The fourth-order valence-corrected chi connectivity index (χ4v) is 4.93. The van der Waals surface area contributed by atoms with Crippen LogP contribution >= 0.6 is 11.6 Å². The summed E-state index contributed by atoms with van der Waals surface area (Å²) in [5, 5.41) is 7.96. The van der Waals surface area contributed by atoms with Crippen molar-refractivity contribution >= 4 is 40.3 Å². The van der Waals surface area contributed by atoms with Gasteiger partial charge in [0.05, 0.1) is 22.3 Å². The highest BCUT2D eigenvalue weighted by Gasteiger charge is 2.48. The Morgan fingerprint density at radius 3 is 2.69 bits per heavy atom. The van der Waals surface area contributed by atoms with E-state index < -0.39 is 5.41 Å². The fraction of sp³-hybridized carbons (Fsp3) is 0.407. The van der Waals surface area contributed by atoms with Crippen molar-refractivity contribution in [1.82, 2.24) is 25.2 Å². The van der Waals surface area contributed by atoms with Crippen LogP contribution in [0.3, 0.4) is 0 Å². The summed E-state index contributed by atoms with van der Waals surface area (Å²) in [6.07, 6.45) is 8.47. The number of aromatic nitrogens is 3. The van der Waals surface area contributed by atoms with Crippen molar-refractivity contribution in [3.8, 4) is 11.3 Å². The van der Waals surface area contributed by atoms with Crippen LogP contribution in [0.15, 0.2) is 48.3 Å². The smallest absolute Gasteiger partial charge is 0.317 e. The van der Waals surface area contributed by atoms with Gasteiger partial charge in [-0.3, -0.25) is 4.79 Å². The van der Waals surface area contributed by atoms with Gasteiger partial charge >= 0.3 is 6.03 Å². The number of H-pyrrole nitrogens is 1. The lowest BCUT2D eigenvalue weighted by Gasteiger charge is -2.32. The molecule has 0 atom stereocenters. The first-order chi connectivity index (χ1) is 17.3. The standard InChI is InChI=1S/C27H31ClN6O2/c1-17(2)13-23(35)27(9-10-27)16-31-26(36)34-11-7-18(8-12-34)32-25-30-15-21(28)24(33-25)20-14-29-22-6-4-3-5-19(20)22/h3-6,13-15,18,29H,7-12,16H2,1-2H3,(H,31,36)(H,30,32,33). The lowest BCUT2D eigenvalue weighted by atomic mass is 9.99. The summed E-state index contributed by atoms with van der Waals surface area (Å²) >= 11 is 6.45. The van der Waals surface area contributed by atoms with Crippen LogP contribution < -0.4 is 10.6 Å². The third-order valence-electron chi connectivity index (χ3n) is 7.08. The van der Waals surface area contributed by atoms with Crippen LogP contribution in [-0.2, 0) is 4.79 Å².